The zero-order valence-corrected chi connectivity index (χ0v) is 17.6. The van der Waals surface area contributed by atoms with E-state index in [2.05, 4.69) is 44.7 Å². The number of rotatable bonds is 4. The first kappa shape index (κ1) is 20.0. The van der Waals surface area contributed by atoms with Crippen molar-refractivity contribution in [3.05, 3.63) is 69.7 Å². The van der Waals surface area contributed by atoms with Gasteiger partial charge in [-0.25, -0.2) is 0 Å². The maximum absolute atomic E-state index is 12.0. The Balaban J connectivity index is 1.60. The number of hydrogen-bond donors (Lipinski definition) is 0. The molecule has 2 aromatic carbocycles. The van der Waals surface area contributed by atoms with Crippen LogP contribution >= 0.6 is 11.3 Å². The Kier molecular flexibility index (Phi) is 6.06. The van der Waals surface area contributed by atoms with Gasteiger partial charge in [0.2, 0.25) is 4.74 Å². The molecule has 4 heteroatoms. The summed E-state index contributed by atoms with van der Waals surface area (Å²) in [5.74, 6) is 7.00. The lowest BCUT2D eigenvalue weighted by atomic mass is 9.87. The lowest BCUT2D eigenvalue weighted by molar-refractivity contribution is 0.370. The molecule has 0 amide bonds. The largest absolute Gasteiger partial charge is 0.481 e. The van der Waals surface area contributed by atoms with Crippen molar-refractivity contribution in [3.8, 4) is 17.6 Å². The fourth-order valence-electron chi connectivity index (χ4n) is 2.89. The molecule has 0 N–H and O–H groups in total. The number of anilines is 1. The SMILES string of the molecule is CN(CC#CCOc1ccc(C(C)(C)C)cc1)c1cc(=O)sc2ccccc12. The van der Waals surface area contributed by atoms with Gasteiger partial charge in [0.05, 0.1) is 12.2 Å². The van der Waals surface area contributed by atoms with E-state index in [0.29, 0.717) is 13.2 Å². The minimum atomic E-state index is 0.0514. The van der Waals surface area contributed by atoms with E-state index < -0.39 is 0 Å². The van der Waals surface area contributed by atoms with E-state index >= 15 is 0 Å². The fourth-order valence-corrected chi connectivity index (χ4v) is 3.71. The van der Waals surface area contributed by atoms with Crippen molar-refractivity contribution >= 4 is 27.1 Å². The predicted molar refractivity (Wildman–Crippen MR) is 120 cm³/mol. The number of nitrogens with zero attached hydrogens (tertiary/aromatic N) is 1. The van der Waals surface area contributed by atoms with Gasteiger partial charge in [-0.05, 0) is 29.2 Å². The maximum Gasteiger partial charge on any atom is 0.234 e. The molecular weight excluding hydrogens is 366 g/mol. The van der Waals surface area contributed by atoms with Gasteiger partial charge in [-0.1, -0.05) is 74.3 Å². The van der Waals surface area contributed by atoms with Gasteiger partial charge in [0.1, 0.15) is 12.4 Å². The van der Waals surface area contributed by atoms with Crippen LogP contribution in [0, 0.1) is 11.8 Å². The molecule has 1 aromatic heterocycles. The summed E-state index contributed by atoms with van der Waals surface area (Å²) < 4.78 is 6.75. The zero-order chi connectivity index (χ0) is 20.1. The summed E-state index contributed by atoms with van der Waals surface area (Å²) in [7, 11) is 1.95. The van der Waals surface area contributed by atoms with Crippen molar-refractivity contribution in [3.63, 3.8) is 0 Å². The lowest BCUT2D eigenvalue weighted by Crippen LogP contribution is -2.18. The van der Waals surface area contributed by atoms with E-state index in [-0.39, 0.29) is 10.2 Å². The summed E-state index contributed by atoms with van der Waals surface area (Å²) in [4.78, 5) is 14.0. The molecule has 3 rings (SSSR count). The van der Waals surface area contributed by atoms with Crippen LogP contribution in [0.25, 0.3) is 10.1 Å². The molecule has 3 nitrogen and oxygen atoms in total. The van der Waals surface area contributed by atoms with Gasteiger partial charge in [-0.3, -0.25) is 4.79 Å². The average molecular weight is 392 g/mol. The summed E-state index contributed by atoms with van der Waals surface area (Å²) in [6, 6.07) is 17.8. The molecule has 144 valence electrons. The van der Waals surface area contributed by atoms with Gasteiger partial charge in [0.25, 0.3) is 0 Å². The molecule has 0 saturated heterocycles. The van der Waals surface area contributed by atoms with Gasteiger partial charge >= 0.3 is 0 Å². The predicted octanol–water partition coefficient (Wildman–Crippen LogP) is 5.08. The molecule has 28 heavy (non-hydrogen) atoms. The van der Waals surface area contributed by atoms with E-state index in [1.807, 2.05) is 48.3 Å². The zero-order valence-electron chi connectivity index (χ0n) is 16.8. The van der Waals surface area contributed by atoms with Gasteiger partial charge in [-0.2, -0.15) is 0 Å². The Morgan fingerprint density at radius 3 is 2.46 bits per heavy atom. The van der Waals surface area contributed by atoms with Crippen LogP contribution in [0.1, 0.15) is 26.3 Å². The van der Waals surface area contributed by atoms with Crippen LogP contribution in [0.2, 0.25) is 0 Å². The number of ether oxygens (including phenoxy) is 1. The van der Waals surface area contributed by atoms with Gasteiger partial charge in [0, 0.05) is 23.2 Å². The summed E-state index contributed by atoms with van der Waals surface area (Å²) in [5, 5.41) is 1.08. The molecular formula is C24H25NO2S. The Hall–Kier alpha value is -2.77. The van der Waals surface area contributed by atoms with E-state index in [1.165, 1.54) is 16.9 Å². The third kappa shape index (κ3) is 4.94. The molecule has 0 spiro atoms. The standard InChI is InChI=1S/C24H25NO2S/c1-24(2,3)18-11-13-19(14-12-18)27-16-8-7-15-25(4)21-17-23(26)28-22-10-6-5-9-20(21)22/h5-6,9-14,17H,15-16H2,1-4H3. The van der Waals surface area contributed by atoms with Gasteiger partial charge in [-0.15, -0.1) is 0 Å². The number of fused-ring (bicyclic) bond motifs is 1. The van der Waals surface area contributed by atoms with Gasteiger partial charge in [0.15, 0.2) is 0 Å². The van der Waals surface area contributed by atoms with E-state index in [1.54, 1.807) is 6.07 Å². The Morgan fingerprint density at radius 1 is 1.04 bits per heavy atom. The monoisotopic (exact) mass is 391 g/mol. The highest BCUT2D eigenvalue weighted by atomic mass is 32.1. The summed E-state index contributed by atoms with van der Waals surface area (Å²) >= 11 is 1.27. The third-order valence-corrected chi connectivity index (χ3v) is 5.41. The second-order valence-corrected chi connectivity index (χ2v) is 8.77. The summed E-state index contributed by atoms with van der Waals surface area (Å²) in [6.07, 6.45) is 0. The number of benzene rings is 2. The molecule has 0 atom stereocenters. The second-order valence-electron chi connectivity index (χ2n) is 7.72. The minimum Gasteiger partial charge on any atom is -0.481 e. The smallest absolute Gasteiger partial charge is 0.234 e. The molecule has 0 bridgehead atoms. The Labute approximate surface area is 170 Å². The summed E-state index contributed by atoms with van der Waals surface area (Å²) in [6.45, 7) is 7.45. The molecule has 1 heterocycles. The molecule has 0 aliphatic carbocycles. The van der Waals surface area contributed by atoms with E-state index in [0.717, 1.165) is 21.5 Å². The highest BCUT2D eigenvalue weighted by Crippen LogP contribution is 2.26. The Bertz CT molecular complexity index is 1070. The van der Waals surface area contributed by atoms with Crippen LogP contribution in [0.5, 0.6) is 5.75 Å². The normalized spacial score (nSPS) is 11.0. The van der Waals surface area contributed by atoms with Crippen LogP contribution in [0.3, 0.4) is 0 Å². The van der Waals surface area contributed by atoms with Crippen LogP contribution < -0.4 is 14.4 Å². The third-order valence-electron chi connectivity index (χ3n) is 4.51. The molecule has 3 aromatic rings. The first-order chi connectivity index (χ1) is 13.3. The molecule has 0 aliphatic rings. The first-order valence-electron chi connectivity index (χ1n) is 9.28. The van der Waals surface area contributed by atoms with E-state index in [9.17, 15) is 4.79 Å². The lowest BCUT2D eigenvalue weighted by Gasteiger charge is -2.19. The maximum atomic E-state index is 12.0. The highest BCUT2D eigenvalue weighted by molar-refractivity contribution is 7.16. The topological polar surface area (TPSA) is 29.5 Å². The van der Waals surface area contributed by atoms with Crippen molar-refractivity contribution in [2.45, 2.75) is 26.2 Å². The minimum absolute atomic E-state index is 0.0514. The van der Waals surface area contributed by atoms with Crippen LogP contribution in [-0.4, -0.2) is 20.2 Å². The molecule has 0 saturated carbocycles. The van der Waals surface area contributed by atoms with Gasteiger partial charge < -0.3 is 9.64 Å². The Morgan fingerprint density at radius 2 is 1.75 bits per heavy atom. The van der Waals surface area contributed by atoms with E-state index in [4.69, 9.17) is 4.74 Å². The molecule has 0 unspecified atom stereocenters. The van der Waals surface area contributed by atoms with Crippen molar-refractivity contribution in [1.82, 2.24) is 0 Å². The van der Waals surface area contributed by atoms with Crippen molar-refractivity contribution < 1.29 is 4.74 Å². The van der Waals surface area contributed by atoms with Crippen LogP contribution in [-0.2, 0) is 5.41 Å². The second kappa shape index (κ2) is 8.50. The fraction of sp³-hybridized carbons (Fsp3) is 0.292. The van der Waals surface area contributed by atoms with Crippen molar-refractivity contribution in [2.24, 2.45) is 0 Å². The number of hydrogen-bond acceptors (Lipinski definition) is 4. The van der Waals surface area contributed by atoms with Crippen molar-refractivity contribution in [2.75, 3.05) is 25.1 Å². The average Bonchev–Trinajstić information content (AvgIpc) is 2.66. The quantitative estimate of drug-likeness (QED) is 0.581. The first-order valence-corrected chi connectivity index (χ1v) is 10.1. The highest BCUT2D eigenvalue weighted by Gasteiger charge is 2.12. The molecule has 0 fully saturated rings. The molecule has 0 aliphatic heterocycles. The van der Waals surface area contributed by atoms with Crippen molar-refractivity contribution in [1.29, 1.82) is 0 Å². The van der Waals surface area contributed by atoms with Crippen LogP contribution in [0.4, 0.5) is 5.69 Å². The summed E-state index contributed by atoms with van der Waals surface area (Å²) in [5.41, 5.74) is 2.32. The van der Waals surface area contributed by atoms with Crippen LogP contribution in [0.15, 0.2) is 59.4 Å². The molecule has 0 radical (unpaired) electrons.